The third kappa shape index (κ3) is 5.26. The van der Waals surface area contributed by atoms with Crippen molar-refractivity contribution in [2.24, 2.45) is 0 Å². The quantitative estimate of drug-likeness (QED) is 0.717. The zero-order chi connectivity index (χ0) is 13.7. The Labute approximate surface area is 125 Å². The second kappa shape index (κ2) is 8.44. The van der Waals surface area contributed by atoms with Crippen molar-refractivity contribution in [3.8, 4) is 0 Å². The average molecular weight is 307 g/mol. The lowest BCUT2D eigenvalue weighted by molar-refractivity contribution is -0.149. The summed E-state index contributed by atoms with van der Waals surface area (Å²) < 4.78 is 10.3. The Bertz CT molecular complexity index is 330. The summed E-state index contributed by atoms with van der Waals surface area (Å²) in [5.74, 6) is -0.311. The van der Waals surface area contributed by atoms with Gasteiger partial charge in [0.25, 0.3) is 0 Å². The first-order valence-electron chi connectivity index (χ1n) is 6.97. The molecular weight excluding hydrogens is 284 g/mol. The number of halogens is 1. The van der Waals surface area contributed by atoms with Gasteiger partial charge in [-0.05, 0) is 19.8 Å². The van der Waals surface area contributed by atoms with Crippen LogP contribution in [0.4, 0.5) is 0 Å². The molecule has 2 rings (SSSR count). The van der Waals surface area contributed by atoms with Gasteiger partial charge in [0.05, 0.1) is 19.8 Å². The van der Waals surface area contributed by atoms with Gasteiger partial charge >= 0.3 is 5.97 Å². The van der Waals surface area contributed by atoms with Crippen LogP contribution in [0.2, 0.25) is 0 Å². The first kappa shape index (κ1) is 17.2. The van der Waals surface area contributed by atoms with Crippen molar-refractivity contribution in [1.29, 1.82) is 0 Å². The van der Waals surface area contributed by atoms with Crippen LogP contribution in [0.25, 0.3) is 0 Å². The first-order valence-corrected chi connectivity index (χ1v) is 6.97. The van der Waals surface area contributed by atoms with Crippen molar-refractivity contribution in [3.63, 3.8) is 0 Å². The average Bonchev–Trinajstić information content (AvgIpc) is 3.21. The van der Waals surface area contributed by atoms with Gasteiger partial charge in [0.15, 0.2) is 0 Å². The van der Waals surface area contributed by atoms with Crippen molar-refractivity contribution in [3.05, 3.63) is 0 Å². The van der Waals surface area contributed by atoms with Gasteiger partial charge in [-0.1, -0.05) is 0 Å². The molecule has 0 bridgehead atoms. The molecular formula is C13H23ClN2O4. The Morgan fingerprint density at radius 1 is 1.40 bits per heavy atom. The molecule has 1 saturated heterocycles. The van der Waals surface area contributed by atoms with Gasteiger partial charge in [-0.3, -0.25) is 9.59 Å². The molecule has 0 aromatic rings. The third-order valence-electron chi connectivity index (χ3n) is 3.33. The van der Waals surface area contributed by atoms with Crippen molar-refractivity contribution >= 4 is 24.3 Å². The van der Waals surface area contributed by atoms with Crippen molar-refractivity contribution in [1.82, 2.24) is 10.2 Å². The van der Waals surface area contributed by atoms with Crippen molar-refractivity contribution in [2.75, 3.05) is 32.9 Å². The van der Waals surface area contributed by atoms with Crippen molar-refractivity contribution in [2.45, 2.75) is 38.3 Å². The fourth-order valence-electron chi connectivity index (χ4n) is 2.23. The lowest BCUT2D eigenvalue weighted by Crippen LogP contribution is -2.46. The lowest BCUT2D eigenvalue weighted by atomic mass is 10.1. The molecule has 1 amide bonds. The van der Waals surface area contributed by atoms with E-state index in [-0.39, 0.29) is 42.9 Å². The van der Waals surface area contributed by atoms with Crippen molar-refractivity contribution < 1.29 is 19.1 Å². The van der Waals surface area contributed by atoms with E-state index in [0.29, 0.717) is 26.2 Å². The number of nitrogens with zero attached hydrogens (tertiary/aromatic N) is 1. The number of nitrogens with one attached hydrogen (secondary N) is 1. The molecule has 0 aromatic carbocycles. The highest BCUT2D eigenvalue weighted by Crippen LogP contribution is 2.27. The van der Waals surface area contributed by atoms with Crippen LogP contribution in [0.1, 0.15) is 26.2 Å². The zero-order valence-corrected chi connectivity index (χ0v) is 12.6. The minimum absolute atomic E-state index is 0. The van der Waals surface area contributed by atoms with Crippen LogP contribution in [0, 0.1) is 0 Å². The SMILES string of the molecule is CCOC(=O)CN(C(=O)CC1COCCN1)C1CC1.Cl. The van der Waals surface area contributed by atoms with Crippen LogP contribution in [0.5, 0.6) is 0 Å². The fraction of sp³-hybridized carbons (Fsp3) is 0.846. The molecule has 7 heteroatoms. The molecule has 1 aliphatic heterocycles. The van der Waals surface area contributed by atoms with E-state index in [0.717, 1.165) is 19.4 Å². The highest BCUT2D eigenvalue weighted by molar-refractivity contribution is 5.85. The molecule has 20 heavy (non-hydrogen) atoms. The summed E-state index contributed by atoms with van der Waals surface area (Å²) in [6, 6.07) is 0.283. The molecule has 0 spiro atoms. The Balaban J connectivity index is 0.00000200. The summed E-state index contributed by atoms with van der Waals surface area (Å²) in [5.41, 5.74) is 0. The van der Waals surface area contributed by atoms with Gasteiger partial charge in [0.1, 0.15) is 6.54 Å². The number of morpholine rings is 1. The molecule has 1 saturated carbocycles. The maximum absolute atomic E-state index is 12.3. The smallest absolute Gasteiger partial charge is 0.325 e. The Hall–Kier alpha value is -0.850. The molecule has 1 unspecified atom stereocenters. The van der Waals surface area contributed by atoms with Crippen LogP contribution < -0.4 is 5.32 Å². The number of hydrogen-bond acceptors (Lipinski definition) is 5. The molecule has 1 heterocycles. The van der Waals surface area contributed by atoms with E-state index in [4.69, 9.17) is 9.47 Å². The summed E-state index contributed by atoms with van der Waals surface area (Å²) in [4.78, 5) is 25.4. The van der Waals surface area contributed by atoms with E-state index >= 15 is 0 Å². The van der Waals surface area contributed by atoms with Crippen LogP contribution in [0.3, 0.4) is 0 Å². The Morgan fingerprint density at radius 3 is 2.70 bits per heavy atom. The highest BCUT2D eigenvalue weighted by atomic mass is 35.5. The predicted molar refractivity (Wildman–Crippen MR) is 75.8 cm³/mol. The van der Waals surface area contributed by atoms with E-state index in [1.807, 2.05) is 0 Å². The van der Waals surface area contributed by atoms with Gasteiger partial charge in [0, 0.05) is 25.0 Å². The fourth-order valence-corrected chi connectivity index (χ4v) is 2.23. The Morgan fingerprint density at radius 2 is 2.15 bits per heavy atom. The first-order chi connectivity index (χ1) is 9.20. The maximum atomic E-state index is 12.3. The zero-order valence-electron chi connectivity index (χ0n) is 11.8. The summed E-state index contributed by atoms with van der Waals surface area (Å²) in [7, 11) is 0. The molecule has 1 aliphatic carbocycles. The van der Waals surface area contributed by atoms with Gasteiger partial charge < -0.3 is 19.7 Å². The predicted octanol–water partition coefficient (Wildman–Crippen LogP) is 0.341. The number of carbonyl (C=O) groups is 2. The van der Waals surface area contributed by atoms with Crippen LogP contribution in [0.15, 0.2) is 0 Å². The Kier molecular flexibility index (Phi) is 7.26. The van der Waals surface area contributed by atoms with Gasteiger partial charge in [-0.25, -0.2) is 0 Å². The molecule has 2 aliphatic rings. The molecule has 1 N–H and O–H groups in total. The van der Waals surface area contributed by atoms with Crippen LogP contribution in [-0.2, 0) is 19.1 Å². The van der Waals surface area contributed by atoms with E-state index in [9.17, 15) is 9.59 Å². The number of hydrogen-bond donors (Lipinski definition) is 1. The highest BCUT2D eigenvalue weighted by Gasteiger charge is 2.35. The second-order valence-corrected chi connectivity index (χ2v) is 4.99. The maximum Gasteiger partial charge on any atom is 0.325 e. The standard InChI is InChI=1S/C13H22N2O4.ClH/c1-2-19-13(17)8-15(11-3-4-11)12(16)7-10-9-18-6-5-14-10;/h10-11,14H,2-9H2,1H3;1H. The summed E-state index contributed by atoms with van der Waals surface area (Å²) >= 11 is 0. The third-order valence-corrected chi connectivity index (χ3v) is 3.33. The van der Waals surface area contributed by atoms with Crippen LogP contribution >= 0.6 is 12.4 Å². The van der Waals surface area contributed by atoms with E-state index < -0.39 is 0 Å². The minimum Gasteiger partial charge on any atom is -0.465 e. The number of rotatable bonds is 6. The number of ether oxygens (including phenoxy) is 2. The molecule has 1 atom stereocenters. The monoisotopic (exact) mass is 306 g/mol. The second-order valence-electron chi connectivity index (χ2n) is 4.99. The molecule has 0 aromatic heterocycles. The largest absolute Gasteiger partial charge is 0.465 e. The number of esters is 1. The molecule has 116 valence electrons. The topological polar surface area (TPSA) is 67.9 Å². The van der Waals surface area contributed by atoms with Gasteiger partial charge in [0.2, 0.25) is 5.91 Å². The van der Waals surface area contributed by atoms with Crippen LogP contribution in [-0.4, -0.2) is 61.8 Å². The number of carbonyl (C=O) groups excluding carboxylic acids is 2. The molecule has 6 nitrogen and oxygen atoms in total. The van der Waals surface area contributed by atoms with Gasteiger partial charge in [-0.2, -0.15) is 0 Å². The normalized spacial score (nSPS) is 21.8. The van der Waals surface area contributed by atoms with E-state index in [1.165, 1.54) is 0 Å². The summed E-state index contributed by atoms with van der Waals surface area (Å²) in [6.45, 7) is 4.22. The van der Waals surface area contributed by atoms with E-state index in [2.05, 4.69) is 5.32 Å². The molecule has 2 fully saturated rings. The lowest BCUT2D eigenvalue weighted by Gasteiger charge is -2.27. The molecule has 0 radical (unpaired) electrons. The summed E-state index contributed by atoms with van der Waals surface area (Å²) in [6.07, 6.45) is 2.36. The van der Waals surface area contributed by atoms with Gasteiger partial charge in [-0.15, -0.1) is 12.4 Å². The van der Waals surface area contributed by atoms with E-state index in [1.54, 1.807) is 11.8 Å². The minimum atomic E-state index is -0.324. The number of amides is 1. The summed E-state index contributed by atoms with van der Waals surface area (Å²) in [5, 5.41) is 3.25.